The average molecular weight is 287 g/mol. The molecule has 1 N–H and O–H groups in total. The Morgan fingerprint density at radius 1 is 1.62 bits per heavy atom. The van der Waals surface area contributed by atoms with Crippen LogP contribution in [0.1, 0.15) is 16.8 Å². The maximum atomic E-state index is 13.6. The van der Waals surface area contributed by atoms with Gasteiger partial charge in [0, 0.05) is 6.42 Å². The fraction of sp³-hybridized carbons (Fsp3) is 0.182. The number of ether oxygens (including phenoxy) is 1. The molecule has 0 fully saturated rings. The van der Waals surface area contributed by atoms with Crippen LogP contribution in [-0.4, -0.2) is 17.7 Å². The molecule has 1 rings (SSSR count). The molecule has 1 aromatic rings. The molecule has 0 atom stereocenters. The first kappa shape index (κ1) is 12.5. The molecule has 84 valence electrons. The van der Waals surface area contributed by atoms with Gasteiger partial charge in [-0.15, -0.1) is 12.3 Å². The van der Waals surface area contributed by atoms with Crippen molar-refractivity contribution in [3.8, 4) is 18.1 Å². The molecule has 0 radical (unpaired) electrons. The van der Waals surface area contributed by atoms with E-state index in [-0.39, 0.29) is 22.4 Å². The van der Waals surface area contributed by atoms with Crippen molar-refractivity contribution >= 4 is 21.9 Å². The first-order chi connectivity index (χ1) is 7.57. The summed E-state index contributed by atoms with van der Waals surface area (Å²) >= 11 is 2.86. The molecule has 0 unspecified atom stereocenters. The molecule has 3 nitrogen and oxygen atoms in total. The van der Waals surface area contributed by atoms with Crippen LogP contribution in [0.4, 0.5) is 4.39 Å². The van der Waals surface area contributed by atoms with Crippen LogP contribution >= 0.6 is 15.9 Å². The van der Waals surface area contributed by atoms with Gasteiger partial charge >= 0.3 is 5.97 Å². The summed E-state index contributed by atoms with van der Waals surface area (Å²) < 4.78 is 18.5. The fourth-order valence-electron chi connectivity index (χ4n) is 1.03. The number of terminal acetylenes is 1. The lowest BCUT2D eigenvalue weighted by atomic mass is 10.2. The predicted octanol–water partition coefficient (Wildman–Crippen LogP) is 2.69. The van der Waals surface area contributed by atoms with E-state index in [1.165, 1.54) is 12.1 Å². The van der Waals surface area contributed by atoms with E-state index in [1.807, 2.05) is 0 Å². The lowest BCUT2D eigenvalue weighted by molar-refractivity contribution is 0.0695. The van der Waals surface area contributed by atoms with Crippen LogP contribution in [0.5, 0.6) is 5.75 Å². The Bertz CT molecular complexity index is 451. The summed E-state index contributed by atoms with van der Waals surface area (Å²) in [6.45, 7) is 0.187. The number of carboxylic acids is 1. The number of carboxylic acid groups (broad SMARTS) is 1. The summed E-state index contributed by atoms with van der Waals surface area (Å²) in [6, 6.07) is 2.53. The van der Waals surface area contributed by atoms with Crippen molar-refractivity contribution in [2.75, 3.05) is 6.61 Å². The number of halogens is 2. The number of benzene rings is 1. The Morgan fingerprint density at radius 3 is 2.88 bits per heavy atom. The van der Waals surface area contributed by atoms with Crippen LogP contribution in [0.15, 0.2) is 16.6 Å². The van der Waals surface area contributed by atoms with Gasteiger partial charge in [0.15, 0.2) is 11.6 Å². The van der Waals surface area contributed by atoms with Crippen LogP contribution in [0.3, 0.4) is 0 Å². The van der Waals surface area contributed by atoms with E-state index in [1.54, 1.807) is 0 Å². The highest BCUT2D eigenvalue weighted by Gasteiger charge is 2.16. The molecular weight excluding hydrogens is 279 g/mol. The molecule has 1 aromatic carbocycles. The third kappa shape index (κ3) is 2.74. The molecule has 0 bridgehead atoms. The van der Waals surface area contributed by atoms with E-state index in [0.717, 1.165) is 0 Å². The van der Waals surface area contributed by atoms with Gasteiger partial charge in [0.05, 0.1) is 16.6 Å². The topological polar surface area (TPSA) is 46.5 Å². The molecular formula is C11H8BrFO3. The van der Waals surface area contributed by atoms with Crippen molar-refractivity contribution in [2.24, 2.45) is 0 Å². The normalized spacial score (nSPS) is 9.56. The van der Waals surface area contributed by atoms with Gasteiger partial charge in [-0.1, -0.05) is 0 Å². The van der Waals surface area contributed by atoms with Gasteiger partial charge in [0.25, 0.3) is 0 Å². The average Bonchev–Trinajstić information content (AvgIpc) is 2.24. The second-order valence-corrected chi connectivity index (χ2v) is 3.64. The Morgan fingerprint density at radius 2 is 2.31 bits per heavy atom. The minimum atomic E-state index is -1.21. The van der Waals surface area contributed by atoms with E-state index in [9.17, 15) is 9.18 Å². The zero-order valence-corrected chi connectivity index (χ0v) is 9.75. The predicted molar refractivity (Wildman–Crippen MR) is 60.0 cm³/mol. The zero-order valence-electron chi connectivity index (χ0n) is 8.17. The van der Waals surface area contributed by atoms with Gasteiger partial charge < -0.3 is 9.84 Å². The Labute approximate surface area is 100 Å². The van der Waals surface area contributed by atoms with E-state index in [2.05, 4.69) is 21.9 Å². The summed E-state index contributed by atoms with van der Waals surface area (Å²) in [5.74, 6) is 0.381. The van der Waals surface area contributed by atoms with Crippen LogP contribution in [0.2, 0.25) is 0 Å². The van der Waals surface area contributed by atoms with E-state index < -0.39 is 11.8 Å². The maximum absolute atomic E-state index is 13.6. The molecule has 0 amide bonds. The molecule has 0 spiro atoms. The molecule has 0 saturated heterocycles. The van der Waals surface area contributed by atoms with E-state index in [4.69, 9.17) is 16.3 Å². The molecule has 16 heavy (non-hydrogen) atoms. The number of carbonyl (C=O) groups is 1. The lowest BCUT2D eigenvalue weighted by Gasteiger charge is -2.08. The first-order valence-electron chi connectivity index (χ1n) is 4.35. The third-order valence-corrected chi connectivity index (χ3v) is 2.56. The smallest absolute Gasteiger partial charge is 0.336 e. The summed E-state index contributed by atoms with van der Waals surface area (Å²) in [6.07, 6.45) is 5.37. The van der Waals surface area contributed by atoms with Crippen molar-refractivity contribution < 1.29 is 19.0 Å². The Hall–Kier alpha value is -1.54. The number of hydrogen-bond donors (Lipinski definition) is 1. The highest BCUT2D eigenvalue weighted by atomic mass is 79.9. The molecule has 0 aliphatic heterocycles. The molecule has 0 heterocycles. The van der Waals surface area contributed by atoms with Gasteiger partial charge in [0.1, 0.15) is 0 Å². The molecule has 0 aromatic heterocycles. The van der Waals surface area contributed by atoms with Crippen LogP contribution in [0, 0.1) is 18.2 Å². The SMILES string of the molecule is C#CCCOc1ccc(C(=O)O)c(Br)c1F. The highest BCUT2D eigenvalue weighted by Crippen LogP contribution is 2.28. The molecule has 0 aliphatic rings. The Balaban J connectivity index is 2.94. The minimum Gasteiger partial charge on any atom is -0.489 e. The monoisotopic (exact) mass is 286 g/mol. The molecule has 5 heteroatoms. The number of rotatable bonds is 4. The minimum absolute atomic E-state index is 0.0212. The Kier molecular flexibility index (Phi) is 4.32. The summed E-state index contributed by atoms with van der Waals surface area (Å²) in [7, 11) is 0. The van der Waals surface area contributed by atoms with Crippen molar-refractivity contribution in [3.63, 3.8) is 0 Å². The second-order valence-electron chi connectivity index (χ2n) is 2.85. The lowest BCUT2D eigenvalue weighted by Crippen LogP contribution is -2.03. The molecule has 0 saturated carbocycles. The summed E-state index contributed by atoms with van der Waals surface area (Å²) in [4.78, 5) is 10.7. The fourth-order valence-corrected chi connectivity index (χ4v) is 1.53. The number of aromatic carboxylic acids is 1. The summed E-state index contributed by atoms with van der Waals surface area (Å²) in [5, 5.41) is 8.73. The largest absolute Gasteiger partial charge is 0.489 e. The highest BCUT2D eigenvalue weighted by molar-refractivity contribution is 9.10. The van der Waals surface area contributed by atoms with Crippen molar-refractivity contribution in [3.05, 3.63) is 28.0 Å². The quantitative estimate of drug-likeness (QED) is 0.684. The van der Waals surface area contributed by atoms with Crippen LogP contribution in [-0.2, 0) is 0 Å². The third-order valence-electron chi connectivity index (χ3n) is 1.78. The van der Waals surface area contributed by atoms with Crippen molar-refractivity contribution in [1.82, 2.24) is 0 Å². The van der Waals surface area contributed by atoms with Gasteiger partial charge in [-0.3, -0.25) is 0 Å². The summed E-state index contributed by atoms with van der Waals surface area (Å²) in [5.41, 5.74) is -0.151. The van der Waals surface area contributed by atoms with Crippen molar-refractivity contribution in [2.45, 2.75) is 6.42 Å². The van der Waals surface area contributed by atoms with Gasteiger partial charge in [-0.25, -0.2) is 9.18 Å². The van der Waals surface area contributed by atoms with E-state index >= 15 is 0 Å². The second kappa shape index (κ2) is 5.52. The maximum Gasteiger partial charge on any atom is 0.336 e. The van der Waals surface area contributed by atoms with Gasteiger partial charge in [0.2, 0.25) is 0 Å². The van der Waals surface area contributed by atoms with E-state index in [0.29, 0.717) is 6.42 Å². The molecule has 0 aliphatic carbocycles. The van der Waals surface area contributed by atoms with Gasteiger partial charge in [-0.2, -0.15) is 0 Å². The van der Waals surface area contributed by atoms with Crippen LogP contribution in [0.25, 0.3) is 0 Å². The van der Waals surface area contributed by atoms with Crippen LogP contribution < -0.4 is 4.74 Å². The van der Waals surface area contributed by atoms with Gasteiger partial charge in [-0.05, 0) is 28.1 Å². The number of hydrogen-bond acceptors (Lipinski definition) is 2. The standard InChI is InChI=1S/C11H8BrFO3/c1-2-3-6-16-8-5-4-7(11(14)15)9(12)10(8)13/h1,4-5H,3,6H2,(H,14,15). The first-order valence-corrected chi connectivity index (χ1v) is 5.14. The van der Waals surface area contributed by atoms with Crippen molar-refractivity contribution in [1.29, 1.82) is 0 Å². The zero-order chi connectivity index (χ0) is 12.1.